The predicted octanol–water partition coefficient (Wildman–Crippen LogP) is -0.981. The molecule has 1 aromatic carbocycles. The maximum absolute atomic E-state index is 11.4. The summed E-state index contributed by atoms with van der Waals surface area (Å²) in [6.45, 7) is 0. The Balaban J connectivity index is 2.27. The van der Waals surface area contributed by atoms with E-state index in [-0.39, 0.29) is 10.6 Å². The average molecular weight is 282 g/mol. The van der Waals surface area contributed by atoms with Crippen molar-refractivity contribution in [1.82, 2.24) is 15.5 Å². The lowest BCUT2D eigenvalue weighted by Crippen LogP contribution is -2.30. The number of amides is 3. The van der Waals surface area contributed by atoms with Crippen LogP contribution in [-0.2, 0) is 14.8 Å². The van der Waals surface area contributed by atoms with Gasteiger partial charge < -0.3 is 5.32 Å². The Kier molecular flexibility index (Phi) is 3.34. The van der Waals surface area contributed by atoms with Crippen molar-refractivity contribution in [3.05, 3.63) is 35.5 Å². The summed E-state index contributed by atoms with van der Waals surface area (Å²) in [6.07, 6.45) is 1.42. The molecule has 0 saturated carbocycles. The first-order valence-corrected chi connectivity index (χ1v) is 6.57. The van der Waals surface area contributed by atoms with Crippen molar-refractivity contribution in [3.63, 3.8) is 0 Å². The minimum Gasteiger partial charge on any atom is -0.303 e. The Bertz CT molecular complexity index is 663. The van der Waals surface area contributed by atoms with Gasteiger partial charge in [-0.25, -0.2) is 13.2 Å². The van der Waals surface area contributed by atoms with Gasteiger partial charge in [-0.3, -0.25) is 16.0 Å². The second-order valence-electron chi connectivity index (χ2n) is 3.66. The van der Waals surface area contributed by atoms with Crippen LogP contribution in [0, 0.1) is 0 Å². The molecule has 100 valence electrons. The van der Waals surface area contributed by atoms with Gasteiger partial charge in [0.05, 0.1) is 4.90 Å². The number of sulfonamides is 1. The van der Waals surface area contributed by atoms with Crippen LogP contribution >= 0.6 is 0 Å². The molecule has 8 nitrogen and oxygen atoms in total. The normalized spacial score (nSPS) is 17.4. The zero-order valence-corrected chi connectivity index (χ0v) is 10.3. The number of carbonyl (C=O) groups is 2. The summed E-state index contributed by atoms with van der Waals surface area (Å²) in [4.78, 5) is 23.9. The smallest absolute Gasteiger partial charge is 0.303 e. The monoisotopic (exact) mass is 282 g/mol. The molecule has 1 aliphatic rings. The third-order valence-electron chi connectivity index (χ3n) is 2.38. The van der Waals surface area contributed by atoms with Gasteiger partial charge >= 0.3 is 6.03 Å². The van der Waals surface area contributed by atoms with Crippen molar-refractivity contribution < 1.29 is 18.0 Å². The molecule has 2 rings (SSSR count). The molecule has 1 saturated heterocycles. The first-order chi connectivity index (χ1) is 8.92. The van der Waals surface area contributed by atoms with Gasteiger partial charge in [0, 0.05) is 0 Å². The Morgan fingerprint density at radius 2 is 1.74 bits per heavy atom. The summed E-state index contributed by atoms with van der Waals surface area (Å²) in [5.41, 5.74) is 0.654. The number of hydrogen-bond donors (Lipinski definition) is 4. The average Bonchev–Trinajstić information content (AvgIpc) is 2.68. The van der Waals surface area contributed by atoms with E-state index in [9.17, 15) is 18.0 Å². The standard InChI is InChI=1S/C10H10N4O4S/c11-14-19(17,18)7-3-1-6(2-4-7)5-8-9(15)13-10(16)12-8/h1-5,14H,11H2,(H2,12,13,15,16)/b8-5-. The van der Waals surface area contributed by atoms with E-state index in [1.54, 1.807) is 4.83 Å². The first-order valence-electron chi connectivity index (χ1n) is 5.09. The van der Waals surface area contributed by atoms with Crippen LogP contribution in [0.3, 0.4) is 0 Å². The quantitative estimate of drug-likeness (QED) is 0.245. The maximum Gasteiger partial charge on any atom is 0.326 e. The molecule has 1 fully saturated rings. The Morgan fingerprint density at radius 1 is 1.11 bits per heavy atom. The topological polar surface area (TPSA) is 130 Å². The molecule has 0 unspecified atom stereocenters. The summed E-state index contributed by atoms with van der Waals surface area (Å²) >= 11 is 0. The predicted molar refractivity (Wildman–Crippen MR) is 65.6 cm³/mol. The Morgan fingerprint density at radius 3 is 2.21 bits per heavy atom. The molecule has 1 heterocycles. The number of rotatable bonds is 3. The minimum atomic E-state index is -3.70. The van der Waals surface area contributed by atoms with Gasteiger partial charge in [-0.1, -0.05) is 12.1 Å². The molecule has 5 N–H and O–H groups in total. The van der Waals surface area contributed by atoms with E-state index in [2.05, 4.69) is 10.6 Å². The second-order valence-corrected chi connectivity index (χ2v) is 5.37. The largest absolute Gasteiger partial charge is 0.326 e. The van der Waals surface area contributed by atoms with E-state index in [0.29, 0.717) is 5.56 Å². The number of nitrogens with one attached hydrogen (secondary N) is 3. The summed E-state index contributed by atoms with van der Waals surface area (Å²) in [7, 11) is -3.70. The van der Waals surface area contributed by atoms with Gasteiger partial charge in [-0.15, -0.1) is 0 Å². The number of nitrogens with two attached hydrogens (primary N) is 1. The highest BCUT2D eigenvalue weighted by atomic mass is 32.2. The number of urea groups is 1. The highest BCUT2D eigenvalue weighted by molar-refractivity contribution is 7.89. The molecular formula is C10H10N4O4S. The number of carbonyl (C=O) groups excluding carboxylic acids is 2. The Hall–Kier alpha value is -2.23. The zero-order chi connectivity index (χ0) is 14.0. The summed E-state index contributed by atoms with van der Waals surface area (Å²) in [5, 5.41) is 4.37. The van der Waals surface area contributed by atoms with Gasteiger partial charge in [0.15, 0.2) is 0 Å². The van der Waals surface area contributed by atoms with Crippen LogP contribution in [0.15, 0.2) is 34.9 Å². The van der Waals surface area contributed by atoms with Gasteiger partial charge in [-0.2, -0.15) is 4.83 Å². The minimum absolute atomic E-state index is 0.00272. The third kappa shape index (κ3) is 2.78. The Labute approximate surface area is 108 Å². The summed E-state index contributed by atoms with van der Waals surface area (Å²) in [6, 6.07) is 5.03. The van der Waals surface area contributed by atoms with Crippen molar-refractivity contribution in [3.8, 4) is 0 Å². The molecule has 1 aromatic rings. The first kappa shape index (κ1) is 13.2. The van der Waals surface area contributed by atoms with Gasteiger partial charge in [-0.05, 0) is 23.8 Å². The summed E-state index contributed by atoms with van der Waals surface area (Å²) < 4.78 is 22.8. The van der Waals surface area contributed by atoms with E-state index in [0.717, 1.165) is 0 Å². The highest BCUT2D eigenvalue weighted by Gasteiger charge is 2.22. The number of hydrogen-bond acceptors (Lipinski definition) is 5. The fourth-order valence-corrected chi connectivity index (χ4v) is 2.09. The maximum atomic E-state index is 11.4. The lowest BCUT2D eigenvalue weighted by molar-refractivity contribution is -0.115. The fourth-order valence-electron chi connectivity index (χ4n) is 1.46. The lowest BCUT2D eigenvalue weighted by Gasteiger charge is -2.02. The van der Waals surface area contributed by atoms with E-state index in [1.807, 2.05) is 0 Å². The van der Waals surface area contributed by atoms with Crippen molar-refractivity contribution >= 4 is 28.0 Å². The van der Waals surface area contributed by atoms with Crippen LogP contribution in [0.2, 0.25) is 0 Å². The molecular weight excluding hydrogens is 272 g/mol. The number of imide groups is 1. The van der Waals surface area contributed by atoms with Crippen LogP contribution in [-0.4, -0.2) is 20.4 Å². The molecule has 19 heavy (non-hydrogen) atoms. The lowest BCUT2D eigenvalue weighted by atomic mass is 10.2. The molecule has 0 atom stereocenters. The van der Waals surface area contributed by atoms with Crippen LogP contribution in [0.5, 0.6) is 0 Å². The second kappa shape index (κ2) is 4.80. The molecule has 9 heteroatoms. The van der Waals surface area contributed by atoms with E-state index < -0.39 is 22.0 Å². The molecule has 1 aliphatic heterocycles. The summed E-state index contributed by atoms with van der Waals surface area (Å²) in [5.74, 6) is 4.35. The van der Waals surface area contributed by atoms with Gasteiger partial charge in [0.2, 0.25) is 0 Å². The van der Waals surface area contributed by atoms with Crippen LogP contribution < -0.4 is 21.3 Å². The van der Waals surface area contributed by atoms with E-state index >= 15 is 0 Å². The number of benzene rings is 1. The zero-order valence-electron chi connectivity index (χ0n) is 9.51. The van der Waals surface area contributed by atoms with Crippen LogP contribution in [0.1, 0.15) is 5.56 Å². The molecule has 0 aromatic heterocycles. The van der Waals surface area contributed by atoms with Crippen LogP contribution in [0.25, 0.3) is 6.08 Å². The van der Waals surface area contributed by atoms with Gasteiger partial charge in [0.25, 0.3) is 15.9 Å². The SMILES string of the molecule is NNS(=O)(=O)c1ccc(/C=C2\NC(=O)NC2=O)cc1. The molecule has 0 spiro atoms. The van der Waals surface area contributed by atoms with Crippen molar-refractivity contribution in [2.24, 2.45) is 5.84 Å². The van der Waals surface area contributed by atoms with Gasteiger partial charge in [0.1, 0.15) is 5.70 Å². The fraction of sp³-hybridized carbons (Fsp3) is 0. The van der Waals surface area contributed by atoms with E-state index in [1.165, 1.54) is 30.3 Å². The molecule has 0 radical (unpaired) electrons. The third-order valence-corrected chi connectivity index (χ3v) is 3.58. The number of hydrazine groups is 1. The molecule has 0 bridgehead atoms. The van der Waals surface area contributed by atoms with E-state index in [4.69, 9.17) is 5.84 Å². The molecule has 3 amide bonds. The van der Waals surface area contributed by atoms with Crippen molar-refractivity contribution in [2.75, 3.05) is 0 Å². The highest BCUT2D eigenvalue weighted by Crippen LogP contribution is 2.13. The van der Waals surface area contributed by atoms with Crippen molar-refractivity contribution in [1.29, 1.82) is 0 Å². The molecule has 0 aliphatic carbocycles. The van der Waals surface area contributed by atoms with Crippen LogP contribution in [0.4, 0.5) is 4.79 Å². The van der Waals surface area contributed by atoms with Crippen molar-refractivity contribution in [2.45, 2.75) is 4.90 Å².